The van der Waals surface area contributed by atoms with Crippen LogP contribution in [0.4, 0.5) is 0 Å². The fraction of sp³-hybridized carbons (Fsp3) is 0.400. The van der Waals surface area contributed by atoms with Gasteiger partial charge in [-0.05, 0) is 12.1 Å². The van der Waals surface area contributed by atoms with E-state index in [0.717, 1.165) is 15.8 Å². The first-order valence-electron chi connectivity index (χ1n) is 4.52. The van der Waals surface area contributed by atoms with Gasteiger partial charge in [0.25, 0.3) is 0 Å². The summed E-state index contributed by atoms with van der Waals surface area (Å²) in [5.41, 5.74) is 6.64. The first-order chi connectivity index (χ1) is 6.79. The largest absolute Gasteiger partial charge is 0.485 e. The Hall–Kier alpha value is -0.580. The van der Waals surface area contributed by atoms with Gasteiger partial charge in [0, 0.05) is 16.6 Å². The van der Waals surface area contributed by atoms with Crippen LogP contribution < -0.4 is 10.5 Å². The third-order valence-electron chi connectivity index (χ3n) is 2.15. The molecular weight excluding hydrogens is 246 g/mol. The summed E-state index contributed by atoms with van der Waals surface area (Å²) >= 11 is 3.40. The predicted molar refractivity (Wildman–Crippen MR) is 57.3 cm³/mol. The lowest BCUT2D eigenvalue weighted by atomic mass is 10.2. The zero-order valence-electron chi connectivity index (χ0n) is 7.70. The summed E-state index contributed by atoms with van der Waals surface area (Å²) in [6.45, 7) is 1.85. The Morgan fingerprint density at radius 1 is 1.50 bits per heavy atom. The third-order valence-corrected chi connectivity index (χ3v) is 2.64. The summed E-state index contributed by atoms with van der Waals surface area (Å²) in [4.78, 5) is 0. The summed E-state index contributed by atoms with van der Waals surface area (Å²) in [6, 6.07) is 5.88. The van der Waals surface area contributed by atoms with Crippen molar-refractivity contribution in [1.82, 2.24) is 0 Å². The predicted octanol–water partition coefficient (Wildman–Crippen LogP) is 1.69. The van der Waals surface area contributed by atoms with Gasteiger partial charge in [0.1, 0.15) is 11.9 Å². The zero-order chi connectivity index (χ0) is 9.97. The fourth-order valence-electron chi connectivity index (χ4n) is 1.27. The topological polar surface area (TPSA) is 44.5 Å². The molecule has 1 aliphatic heterocycles. The van der Waals surface area contributed by atoms with Gasteiger partial charge >= 0.3 is 0 Å². The summed E-state index contributed by atoms with van der Waals surface area (Å²) in [5, 5.41) is 0. The number of halogens is 1. The van der Waals surface area contributed by atoms with Crippen LogP contribution in [-0.2, 0) is 11.3 Å². The molecule has 0 unspecified atom stereocenters. The lowest BCUT2D eigenvalue weighted by molar-refractivity contribution is -0.0800. The van der Waals surface area contributed by atoms with E-state index >= 15 is 0 Å². The second-order valence-electron chi connectivity index (χ2n) is 3.23. The van der Waals surface area contributed by atoms with Crippen molar-refractivity contribution < 1.29 is 9.47 Å². The fourth-order valence-corrected chi connectivity index (χ4v) is 1.61. The molecule has 14 heavy (non-hydrogen) atoms. The average Bonchev–Trinajstić information content (AvgIpc) is 2.12. The van der Waals surface area contributed by atoms with Gasteiger partial charge < -0.3 is 15.2 Å². The van der Waals surface area contributed by atoms with Gasteiger partial charge in [0.15, 0.2) is 0 Å². The number of benzene rings is 1. The summed E-state index contributed by atoms with van der Waals surface area (Å²) < 4.78 is 11.8. The van der Waals surface area contributed by atoms with Crippen molar-refractivity contribution in [3.8, 4) is 5.75 Å². The van der Waals surface area contributed by atoms with Crippen molar-refractivity contribution in [2.75, 3.05) is 13.2 Å². The second kappa shape index (κ2) is 4.29. The van der Waals surface area contributed by atoms with Gasteiger partial charge in [-0.1, -0.05) is 22.0 Å². The molecule has 1 saturated heterocycles. The van der Waals surface area contributed by atoms with Gasteiger partial charge in [-0.15, -0.1) is 0 Å². The summed E-state index contributed by atoms with van der Waals surface area (Å²) in [7, 11) is 0. The Kier molecular flexibility index (Phi) is 3.05. The zero-order valence-corrected chi connectivity index (χ0v) is 9.29. The maximum Gasteiger partial charge on any atom is 0.145 e. The molecule has 0 aromatic heterocycles. The van der Waals surface area contributed by atoms with Crippen LogP contribution in [0, 0.1) is 0 Å². The quantitative estimate of drug-likeness (QED) is 0.897. The molecule has 1 heterocycles. The molecule has 0 spiro atoms. The molecule has 0 atom stereocenters. The lowest BCUT2D eigenvalue weighted by Gasteiger charge is -2.27. The Morgan fingerprint density at radius 2 is 2.29 bits per heavy atom. The molecule has 0 saturated carbocycles. The van der Waals surface area contributed by atoms with E-state index in [-0.39, 0.29) is 6.10 Å². The molecule has 0 radical (unpaired) electrons. The van der Waals surface area contributed by atoms with Crippen LogP contribution in [-0.4, -0.2) is 19.3 Å². The van der Waals surface area contributed by atoms with Crippen molar-refractivity contribution in [3.05, 3.63) is 28.2 Å². The van der Waals surface area contributed by atoms with E-state index in [4.69, 9.17) is 15.2 Å². The lowest BCUT2D eigenvalue weighted by Crippen LogP contribution is -2.38. The van der Waals surface area contributed by atoms with Crippen LogP contribution in [0.15, 0.2) is 22.7 Å². The second-order valence-corrected chi connectivity index (χ2v) is 4.15. The number of hydrogen-bond acceptors (Lipinski definition) is 3. The van der Waals surface area contributed by atoms with E-state index in [0.29, 0.717) is 19.8 Å². The van der Waals surface area contributed by atoms with Crippen LogP contribution >= 0.6 is 15.9 Å². The van der Waals surface area contributed by atoms with Gasteiger partial charge in [-0.3, -0.25) is 0 Å². The maximum absolute atomic E-state index is 5.72. The van der Waals surface area contributed by atoms with Crippen LogP contribution in [0.1, 0.15) is 5.56 Å². The van der Waals surface area contributed by atoms with Crippen molar-refractivity contribution >= 4 is 15.9 Å². The molecule has 1 aromatic carbocycles. The Labute approximate surface area is 91.3 Å². The van der Waals surface area contributed by atoms with Crippen molar-refractivity contribution in [2.24, 2.45) is 5.73 Å². The molecular formula is C10H12BrNO2. The molecule has 2 N–H and O–H groups in total. The van der Waals surface area contributed by atoms with Gasteiger partial charge in [-0.2, -0.15) is 0 Å². The first-order valence-corrected chi connectivity index (χ1v) is 5.32. The Balaban J connectivity index is 2.15. The van der Waals surface area contributed by atoms with Crippen molar-refractivity contribution in [3.63, 3.8) is 0 Å². The van der Waals surface area contributed by atoms with Crippen LogP contribution in [0.3, 0.4) is 0 Å². The van der Waals surface area contributed by atoms with Gasteiger partial charge in [0.05, 0.1) is 13.2 Å². The number of nitrogens with two attached hydrogens (primary N) is 1. The van der Waals surface area contributed by atoms with E-state index in [1.165, 1.54) is 0 Å². The number of hydrogen-bond donors (Lipinski definition) is 1. The molecule has 1 aromatic rings. The van der Waals surface area contributed by atoms with Crippen LogP contribution in [0.25, 0.3) is 0 Å². The third kappa shape index (κ3) is 2.08. The maximum atomic E-state index is 5.72. The Bertz CT molecular complexity index is 326. The van der Waals surface area contributed by atoms with E-state index in [1.54, 1.807) is 0 Å². The van der Waals surface area contributed by atoms with Crippen LogP contribution in [0.5, 0.6) is 5.75 Å². The first kappa shape index (κ1) is 9.96. The Morgan fingerprint density at radius 3 is 2.86 bits per heavy atom. The highest BCUT2D eigenvalue weighted by Crippen LogP contribution is 2.25. The van der Waals surface area contributed by atoms with Gasteiger partial charge in [0.2, 0.25) is 0 Å². The van der Waals surface area contributed by atoms with Gasteiger partial charge in [-0.25, -0.2) is 0 Å². The van der Waals surface area contributed by atoms with Crippen LogP contribution in [0.2, 0.25) is 0 Å². The summed E-state index contributed by atoms with van der Waals surface area (Å²) in [5.74, 6) is 0.857. The standard InChI is InChI=1S/C10H12BrNO2/c11-8-2-1-7(4-12)10(3-8)14-9-5-13-6-9/h1-3,9H,4-6,12H2. The van der Waals surface area contributed by atoms with Crippen molar-refractivity contribution in [1.29, 1.82) is 0 Å². The minimum Gasteiger partial charge on any atom is -0.485 e. The molecule has 4 heteroatoms. The number of ether oxygens (including phenoxy) is 2. The minimum absolute atomic E-state index is 0.189. The molecule has 2 rings (SSSR count). The highest BCUT2D eigenvalue weighted by molar-refractivity contribution is 9.10. The average molecular weight is 258 g/mol. The molecule has 3 nitrogen and oxygen atoms in total. The molecule has 0 bridgehead atoms. The normalized spacial score (nSPS) is 16.4. The van der Waals surface area contributed by atoms with E-state index in [2.05, 4.69) is 15.9 Å². The van der Waals surface area contributed by atoms with E-state index < -0.39 is 0 Å². The molecule has 76 valence electrons. The molecule has 0 amide bonds. The monoisotopic (exact) mass is 257 g/mol. The molecule has 1 aliphatic rings. The SMILES string of the molecule is NCc1ccc(Br)cc1OC1COC1. The van der Waals surface area contributed by atoms with Crippen molar-refractivity contribution in [2.45, 2.75) is 12.6 Å². The highest BCUT2D eigenvalue weighted by atomic mass is 79.9. The van der Waals surface area contributed by atoms with E-state index in [1.807, 2.05) is 18.2 Å². The smallest absolute Gasteiger partial charge is 0.145 e. The minimum atomic E-state index is 0.189. The molecule has 1 fully saturated rings. The molecule has 0 aliphatic carbocycles. The van der Waals surface area contributed by atoms with E-state index in [9.17, 15) is 0 Å². The number of rotatable bonds is 3. The summed E-state index contributed by atoms with van der Waals surface area (Å²) in [6.07, 6.45) is 0.189. The highest BCUT2D eigenvalue weighted by Gasteiger charge is 2.21.